The number of unbranched alkanes of at least 4 members (excludes halogenated alkanes) is 1. The minimum atomic E-state index is -3.33. The van der Waals surface area contributed by atoms with Crippen molar-refractivity contribution in [1.29, 1.82) is 0 Å². The number of nitrogens with two attached hydrogens (primary N) is 1. The molecule has 2 unspecified atom stereocenters. The van der Waals surface area contributed by atoms with Gasteiger partial charge in [0.25, 0.3) is 0 Å². The van der Waals surface area contributed by atoms with Gasteiger partial charge >= 0.3 is 6.03 Å². The number of amides is 3. The first-order valence-corrected chi connectivity index (χ1v) is 16.0. The van der Waals surface area contributed by atoms with E-state index >= 15 is 0 Å². The number of carbonyl (C=O) groups excluding carboxylic acids is 2. The molecule has 1 saturated heterocycles. The molecule has 11 heteroatoms. The highest BCUT2D eigenvalue weighted by Crippen LogP contribution is 2.27. The molecular weight excluding hydrogens is 554 g/mol. The van der Waals surface area contributed by atoms with Crippen molar-refractivity contribution >= 4 is 33.3 Å². The number of nitrogens with zero attached hydrogens (tertiary/aromatic N) is 1. The van der Waals surface area contributed by atoms with Gasteiger partial charge in [-0.15, -0.1) is 0 Å². The Balaban J connectivity index is 1.31. The van der Waals surface area contributed by atoms with Crippen LogP contribution in [0, 0.1) is 0 Å². The predicted molar refractivity (Wildman–Crippen MR) is 165 cm³/mol. The van der Waals surface area contributed by atoms with Gasteiger partial charge in [-0.05, 0) is 79.4 Å². The number of anilines is 2. The third-order valence-corrected chi connectivity index (χ3v) is 7.78. The Bertz CT molecular complexity index is 1460. The van der Waals surface area contributed by atoms with Gasteiger partial charge in [-0.2, -0.15) is 0 Å². The highest BCUT2D eigenvalue weighted by atomic mass is 32.2. The molecular formula is C31H39N5O5S. The molecule has 0 aliphatic carbocycles. The van der Waals surface area contributed by atoms with E-state index in [1.807, 2.05) is 12.1 Å². The second kappa shape index (κ2) is 14.2. The highest BCUT2D eigenvalue weighted by Gasteiger charge is 2.29. The fourth-order valence-electron chi connectivity index (χ4n) is 5.12. The summed E-state index contributed by atoms with van der Waals surface area (Å²) in [4.78, 5) is 26.6. The summed E-state index contributed by atoms with van der Waals surface area (Å²) in [7, 11) is -3.33. The summed E-state index contributed by atoms with van der Waals surface area (Å²) in [6, 6.07) is 21.4. The smallest absolute Gasteiger partial charge is 0.319 e. The maximum absolute atomic E-state index is 12.7. The number of carbonyl (C=O) groups is 2. The van der Waals surface area contributed by atoms with Gasteiger partial charge in [0.1, 0.15) is 11.5 Å². The second-order valence-electron chi connectivity index (χ2n) is 10.7. The molecule has 3 aromatic rings. The fourth-order valence-corrected chi connectivity index (χ4v) is 5.68. The molecule has 1 aliphatic rings. The monoisotopic (exact) mass is 593 g/mol. The number of hydrogen-bond acceptors (Lipinski definition) is 6. The van der Waals surface area contributed by atoms with Crippen LogP contribution in [0.5, 0.6) is 11.5 Å². The zero-order chi connectivity index (χ0) is 30.1. The first kappa shape index (κ1) is 30.9. The molecule has 5 N–H and O–H groups in total. The fraction of sp³-hybridized carbons (Fsp3) is 0.355. The lowest BCUT2D eigenvalue weighted by molar-refractivity contribution is 0.1000. The molecule has 10 nitrogen and oxygen atoms in total. The summed E-state index contributed by atoms with van der Waals surface area (Å²) in [6.45, 7) is 3.85. The van der Waals surface area contributed by atoms with Crippen LogP contribution in [-0.2, 0) is 16.6 Å². The highest BCUT2D eigenvalue weighted by molar-refractivity contribution is 7.92. The molecule has 1 fully saturated rings. The summed E-state index contributed by atoms with van der Waals surface area (Å²) in [6.07, 6.45) is 6.09. The molecule has 3 aromatic carbocycles. The van der Waals surface area contributed by atoms with Crippen molar-refractivity contribution in [2.24, 2.45) is 5.73 Å². The van der Waals surface area contributed by atoms with E-state index in [4.69, 9.17) is 10.5 Å². The van der Waals surface area contributed by atoms with E-state index in [0.717, 1.165) is 51.4 Å². The molecule has 0 aromatic heterocycles. The van der Waals surface area contributed by atoms with Crippen LogP contribution in [0.25, 0.3) is 0 Å². The molecule has 0 saturated carbocycles. The zero-order valence-electron chi connectivity index (χ0n) is 24.0. The maximum Gasteiger partial charge on any atom is 0.319 e. The Morgan fingerprint density at radius 1 is 1.00 bits per heavy atom. The number of rotatable bonds is 12. The third kappa shape index (κ3) is 9.49. The van der Waals surface area contributed by atoms with Crippen LogP contribution < -0.4 is 25.8 Å². The minimum absolute atomic E-state index is 0.0530. The van der Waals surface area contributed by atoms with Crippen molar-refractivity contribution < 1.29 is 22.7 Å². The number of primary amides is 1. The molecule has 3 amide bonds. The van der Waals surface area contributed by atoms with Crippen molar-refractivity contribution in [1.82, 2.24) is 10.2 Å². The minimum Gasteiger partial charge on any atom is -0.457 e. The van der Waals surface area contributed by atoms with Gasteiger partial charge in [0.2, 0.25) is 15.9 Å². The Kier molecular flexibility index (Phi) is 10.4. The van der Waals surface area contributed by atoms with E-state index in [0.29, 0.717) is 34.5 Å². The van der Waals surface area contributed by atoms with Crippen LogP contribution in [-0.4, -0.2) is 50.1 Å². The van der Waals surface area contributed by atoms with E-state index < -0.39 is 15.9 Å². The number of ether oxygens (including phenoxy) is 1. The first-order valence-electron chi connectivity index (χ1n) is 14.1. The van der Waals surface area contributed by atoms with Gasteiger partial charge in [-0.25, -0.2) is 13.2 Å². The molecule has 0 radical (unpaired) electrons. The number of sulfonamides is 1. The van der Waals surface area contributed by atoms with Crippen molar-refractivity contribution in [3.63, 3.8) is 0 Å². The lowest BCUT2D eigenvalue weighted by Gasteiger charge is -2.40. The summed E-state index contributed by atoms with van der Waals surface area (Å²) in [5, 5.41) is 5.93. The van der Waals surface area contributed by atoms with Gasteiger partial charge in [0, 0.05) is 42.1 Å². The molecule has 224 valence electrons. The van der Waals surface area contributed by atoms with Crippen molar-refractivity contribution in [2.75, 3.05) is 22.8 Å². The van der Waals surface area contributed by atoms with Gasteiger partial charge in [0.15, 0.2) is 0 Å². The number of likely N-dealkylation sites (tertiary alicyclic amines) is 1. The van der Waals surface area contributed by atoms with Crippen molar-refractivity contribution in [3.05, 3.63) is 83.9 Å². The van der Waals surface area contributed by atoms with Crippen LogP contribution in [0.1, 0.15) is 54.9 Å². The van der Waals surface area contributed by atoms with E-state index in [2.05, 4.69) is 39.3 Å². The predicted octanol–water partition coefficient (Wildman–Crippen LogP) is 5.29. The normalized spacial score (nSPS) is 17.3. The zero-order valence-corrected chi connectivity index (χ0v) is 24.8. The van der Waals surface area contributed by atoms with Crippen molar-refractivity contribution in [3.8, 4) is 11.5 Å². The standard InChI is InChI=1S/C31H39N5O5S/c1-3-4-8-27-20-26(34-31(38)33-25-7-5-6-23(19-25)30(32)37)17-18-36(27)21-22-9-13-28(14-10-22)41-29-15-11-24(12-16-29)35-42(2,39)40/h5-7,9-16,19,26-27,35H,3-4,8,17-18,20-21H2,1-2H3,(H2,32,37)(H2,33,34,38). The Labute approximate surface area is 247 Å². The number of hydrogen-bond donors (Lipinski definition) is 4. The molecule has 4 rings (SSSR count). The van der Waals surface area contributed by atoms with Crippen LogP contribution in [0.2, 0.25) is 0 Å². The molecule has 0 spiro atoms. The van der Waals surface area contributed by atoms with Gasteiger partial charge < -0.3 is 21.1 Å². The van der Waals surface area contributed by atoms with Gasteiger partial charge in [-0.3, -0.25) is 14.4 Å². The summed E-state index contributed by atoms with van der Waals surface area (Å²) in [5.74, 6) is 0.768. The first-order chi connectivity index (χ1) is 20.1. The van der Waals surface area contributed by atoms with E-state index in [-0.39, 0.29) is 12.1 Å². The lowest BCUT2D eigenvalue weighted by atomic mass is 9.93. The summed E-state index contributed by atoms with van der Waals surface area (Å²) < 4.78 is 31.2. The van der Waals surface area contributed by atoms with Crippen LogP contribution in [0.3, 0.4) is 0 Å². The third-order valence-electron chi connectivity index (χ3n) is 7.17. The van der Waals surface area contributed by atoms with Crippen molar-refractivity contribution in [2.45, 2.75) is 57.7 Å². The Hall–Kier alpha value is -4.09. The number of urea groups is 1. The lowest BCUT2D eigenvalue weighted by Crippen LogP contribution is -2.50. The average molecular weight is 594 g/mol. The molecule has 1 aliphatic heterocycles. The van der Waals surface area contributed by atoms with E-state index in [1.54, 1.807) is 48.5 Å². The molecule has 1 heterocycles. The number of nitrogens with one attached hydrogen (secondary N) is 3. The molecule has 0 bridgehead atoms. The molecule has 42 heavy (non-hydrogen) atoms. The van der Waals surface area contributed by atoms with Gasteiger partial charge in [0.05, 0.1) is 6.26 Å². The van der Waals surface area contributed by atoms with Crippen LogP contribution in [0.4, 0.5) is 16.2 Å². The maximum atomic E-state index is 12.7. The van der Waals surface area contributed by atoms with Crippen LogP contribution in [0.15, 0.2) is 72.8 Å². The second-order valence-corrected chi connectivity index (χ2v) is 12.4. The largest absolute Gasteiger partial charge is 0.457 e. The van der Waals surface area contributed by atoms with Gasteiger partial charge in [-0.1, -0.05) is 38.0 Å². The Morgan fingerprint density at radius 3 is 2.33 bits per heavy atom. The summed E-state index contributed by atoms with van der Waals surface area (Å²) >= 11 is 0. The quantitative estimate of drug-likeness (QED) is 0.225. The number of piperidine rings is 1. The Morgan fingerprint density at radius 2 is 1.69 bits per heavy atom. The summed E-state index contributed by atoms with van der Waals surface area (Å²) in [5.41, 5.74) is 7.88. The number of benzene rings is 3. The molecule has 2 atom stereocenters. The van der Waals surface area contributed by atoms with Crippen LogP contribution >= 0.6 is 0 Å². The average Bonchev–Trinajstić information content (AvgIpc) is 2.94. The van der Waals surface area contributed by atoms with E-state index in [1.165, 1.54) is 5.56 Å². The topological polar surface area (TPSA) is 143 Å². The SMILES string of the molecule is CCCCC1CC(NC(=O)Nc2cccc(C(N)=O)c2)CCN1Cc1ccc(Oc2ccc(NS(C)(=O)=O)cc2)cc1. The van der Waals surface area contributed by atoms with E-state index in [9.17, 15) is 18.0 Å².